The lowest BCUT2D eigenvalue weighted by Crippen LogP contribution is -2.07. The Morgan fingerprint density at radius 2 is 1.80 bits per heavy atom. The second-order valence-electron chi connectivity index (χ2n) is 8.33. The van der Waals surface area contributed by atoms with Crippen LogP contribution in [0.3, 0.4) is 0 Å². The largest absolute Gasteiger partial charge is 0.333 e. The molecule has 1 aliphatic carbocycles. The molecule has 0 atom stereocenters. The van der Waals surface area contributed by atoms with Crippen LogP contribution in [0, 0.1) is 5.92 Å². The van der Waals surface area contributed by atoms with E-state index in [9.17, 15) is 0 Å². The van der Waals surface area contributed by atoms with Crippen molar-refractivity contribution in [1.82, 2.24) is 24.9 Å². The Morgan fingerprint density at radius 1 is 1.00 bits per heavy atom. The molecule has 0 amide bonds. The Morgan fingerprint density at radius 3 is 2.60 bits per heavy atom. The predicted molar refractivity (Wildman–Crippen MR) is 116 cm³/mol. The van der Waals surface area contributed by atoms with E-state index in [0.717, 1.165) is 41.8 Å². The third kappa shape index (κ3) is 3.54. The van der Waals surface area contributed by atoms with Gasteiger partial charge in [0.15, 0.2) is 0 Å². The van der Waals surface area contributed by atoms with Crippen LogP contribution in [0.2, 0.25) is 0 Å². The molecule has 0 spiro atoms. The maximum atomic E-state index is 5.70. The zero-order valence-electron chi connectivity index (χ0n) is 17.4. The number of aryl methyl sites for hydroxylation is 2. The van der Waals surface area contributed by atoms with Gasteiger partial charge in [0.05, 0.1) is 17.5 Å². The standard InChI is InChI=1S/C24H25N5O/c1-16(2)15-29-22(18-9-11-25-12-10-18)21(14-26-29)24-27-23(28-30-24)20-8-7-17-5-3-4-6-19(17)13-20/h7-14,16H,3-6,15H2,1-2H3. The average molecular weight is 399 g/mol. The first-order valence-corrected chi connectivity index (χ1v) is 10.6. The van der Waals surface area contributed by atoms with Gasteiger partial charge in [-0.25, -0.2) is 0 Å². The molecule has 0 saturated heterocycles. The van der Waals surface area contributed by atoms with Crippen molar-refractivity contribution in [3.05, 3.63) is 60.0 Å². The fourth-order valence-electron chi connectivity index (χ4n) is 4.16. The molecule has 0 unspecified atom stereocenters. The summed E-state index contributed by atoms with van der Waals surface area (Å²) < 4.78 is 7.71. The minimum absolute atomic E-state index is 0.465. The van der Waals surface area contributed by atoms with Crippen molar-refractivity contribution in [2.24, 2.45) is 5.92 Å². The summed E-state index contributed by atoms with van der Waals surface area (Å²) in [6, 6.07) is 10.5. The molecular formula is C24H25N5O. The maximum absolute atomic E-state index is 5.70. The lowest BCUT2D eigenvalue weighted by atomic mass is 9.90. The molecule has 0 N–H and O–H groups in total. The zero-order chi connectivity index (χ0) is 20.5. The number of benzene rings is 1. The van der Waals surface area contributed by atoms with Crippen LogP contribution in [0.5, 0.6) is 0 Å². The molecule has 30 heavy (non-hydrogen) atoms. The Bertz CT molecular complexity index is 1160. The van der Waals surface area contributed by atoms with Gasteiger partial charge in [0.25, 0.3) is 5.89 Å². The van der Waals surface area contributed by atoms with Gasteiger partial charge in [0.2, 0.25) is 5.82 Å². The normalized spacial score (nSPS) is 13.6. The number of aromatic nitrogens is 5. The first kappa shape index (κ1) is 18.7. The highest BCUT2D eigenvalue weighted by Gasteiger charge is 2.21. The Hall–Kier alpha value is -3.28. The molecule has 0 bridgehead atoms. The molecule has 6 heteroatoms. The van der Waals surface area contributed by atoms with Gasteiger partial charge >= 0.3 is 0 Å². The van der Waals surface area contributed by atoms with Crippen LogP contribution in [-0.4, -0.2) is 24.9 Å². The zero-order valence-corrected chi connectivity index (χ0v) is 17.4. The summed E-state index contributed by atoms with van der Waals surface area (Å²) in [5.41, 5.74) is 6.72. The minimum atomic E-state index is 0.465. The first-order valence-electron chi connectivity index (χ1n) is 10.6. The third-order valence-electron chi connectivity index (χ3n) is 5.59. The number of hydrogen-bond donors (Lipinski definition) is 0. The van der Waals surface area contributed by atoms with E-state index in [-0.39, 0.29) is 0 Å². The van der Waals surface area contributed by atoms with Gasteiger partial charge in [-0.1, -0.05) is 31.1 Å². The van der Waals surface area contributed by atoms with Gasteiger partial charge in [-0.15, -0.1) is 0 Å². The third-order valence-corrected chi connectivity index (χ3v) is 5.59. The SMILES string of the molecule is CC(C)Cn1ncc(-c2nc(-c3ccc4c(c3)CCCC4)no2)c1-c1ccncc1. The monoisotopic (exact) mass is 399 g/mol. The minimum Gasteiger partial charge on any atom is -0.333 e. The molecule has 152 valence electrons. The summed E-state index contributed by atoms with van der Waals surface area (Å²) in [4.78, 5) is 8.88. The molecule has 0 fully saturated rings. The summed E-state index contributed by atoms with van der Waals surface area (Å²) in [7, 11) is 0. The van der Waals surface area contributed by atoms with Gasteiger partial charge in [0, 0.05) is 30.1 Å². The van der Waals surface area contributed by atoms with Gasteiger partial charge in [-0.2, -0.15) is 10.1 Å². The highest BCUT2D eigenvalue weighted by Crippen LogP contribution is 2.33. The summed E-state index contributed by atoms with van der Waals surface area (Å²) in [5.74, 6) is 1.58. The Balaban J connectivity index is 1.54. The van der Waals surface area contributed by atoms with E-state index in [0.29, 0.717) is 17.6 Å². The van der Waals surface area contributed by atoms with Crippen molar-refractivity contribution in [2.75, 3.05) is 0 Å². The molecule has 4 aromatic rings. The molecule has 0 radical (unpaired) electrons. The average Bonchev–Trinajstić information content (AvgIpc) is 3.41. The lowest BCUT2D eigenvalue weighted by Gasteiger charge is -2.15. The fraction of sp³-hybridized carbons (Fsp3) is 0.333. The highest BCUT2D eigenvalue weighted by atomic mass is 16.5. The van der Waals surface area contributed by atoms with Crippen molar-refractivity contribution in [2.45, 2.75) is 46.1 Å². The van der Waals surface area contributed by atoms with E-state index in [4.69, 9.17) is 9.51 Å². The Labute approximate surface area is 176 Å². The highest BCUT2D eigenvalue weighted by molar-refractivity contribution is 5.77. The number of hydrogen-bond acceptors (Lipinski definition) is 5. The van der Waals surface area contributed by atoms with Crippen molar-refractivity contribution in [3.8, 4) is 34.1 Å². The smallest absolute Gasteiger partial charge is 0.262 e. The first-order chi connectivity index (χ1) is 14.7. The van der Waals surface area contributed by atoms with Crippen LogP contribution in [-0.2, 0) is 19.4 Å². The molecule has 0 aliphatic heterocycles. The lowest BCUT2D eigenvalue weighted by molar-refractivity contribution is 0.432. The molecule has 1 aliphatic rings. The molecule has 3 heterocycles. The summed E-state index contributed by atoms with van der Waals surface area (Å²) in [5, 5.41) is 8.90. The molecule has 5 rings (SSSR count). The van der Waals surface area contributed by atoms with Crippen LogP contribution in [0.25, 0.3) is 34.1 Å². The topological polar surface area (TPSA) is 69.6 Å². The number of nitrogens with zero attached hydrogens (tertiary/aromatic N) is 5. The van der Waals surface area contributed by atoms with E-state index in [1.165, 1.54) is 24.0 Å². The van der Waals surface area contributed by atoms with Crippen molar-refractivity contribution >= 4 is 0 Å². The number of fused-ring (bicyclic) bond motifs is 1. The van der Waals surface area contributed by atoms with Gasteiger partial charge in [-0.05, 0) is 60.9 Å². The van der Waals surface area contributed by atoms with Crippen LogP contribution in [0.4, 0.5) is 0 Å². The Kier molecular flexibility index (Phi) is 4.91. The van der Waals surface area contributed by atoms with Crippen molar-refractivity contribution < 1.29 is 4.52 Å². The molecular weight excluding hydrogens is 374 g/mol. The van der Waals surface area contributed by atoms with Crippen LogP contribution < -0.4 is 0 Å². The van der Waals surface area contributed by atoms with Gasteiger partial charge in [0.1, 0.15) is 0 Å². The van der Waals surface area contributed by atoms with E-state index in [2.05, 4.69) is 47.3 Å². The van der Waals surface area contributed by atoms with Crippen LogP contribution >= 0.6 is 0 Å². The van der Waals surface area contributed by atoms with Gasteiger partial charge in [-0.3, -0.25) is 9.67 Å². The van der Waals surface area contributed by atoms with E-state index < -0.39 is 0 Å². The molecule has 1 aromatic carbocycles. The molecule has 0 saturated carbocycles. The van der Waals surface area contributed by atoms with E-state index >= 15 is 0 Å². The maximum Gasteiger partial charge on any atom is 0.262 e. The predicted octanol–water partition coefficient (Wildman–Crippen LogP) is 5.20. The summed E-state index contributed by atoms with van der Waals surface area (Å²) >= 11 is 0. The van der Waals surface area contributed by atoms with E-state index in [1.807, 2.05) is 23.0 Å². The van der Waals surface area contributed by atoms with Crippen LogP contribution in [0.1, 0.15) is 37.8 Å². The number of pyridine rings is 1. The summed E-state index contributed by atoms with van der Waals surface area (Å²) in [6.07, 6.45) is 10.2. The van der Waals surface area contributed by atoms with Crippen molar-refractivity contribution in [3.63, 3.8) is 0 Å². The van der Waals surface area contributed by atoms with Gasteiger partial charge < -0.3 is 4.52 Å². The molecule has 6 nitrogen and oxygen atoms in total. The van der Waals surface area contributed by atoms with Crippen molar-refractivity contribution in [1.29, 1.82) is 0 Å². The quantitative estimate of drug-likeness (QED) is 0.461. The van der Waals surface area contributed by atoms with Crippen LogP contribution in [0.15, 0.2) is 53.4 Å². The second kappa shape index (κ2) is 7.86. The number of rotatable bonds is 5. The second-order valence-corrected chi connectivity index (χ2v) is 8.33. The molecule has 3 aromatic heterocycles. The summed E-state index contributed by atoms with van der Waals surface area (Å²) in [6.45, 7) is 5.17. The van der Waals surface area contributed by atoms with E-state index in [1.54, 1.807) is 12.4 Å². The fourth-order valence-corrected chi connectivity index (χ4v) is 4.16.